The van der Waals surface area contributed by atoms with Crippen LogP contribution in [0.2, 0.25) is 0 Å². The average Bonchev–Trinajstić information content (AvgIpc) is 3.38. The molecule has 132 valence electrons. The van der Waals surface area contributed by atoms with Gasteiger partial charge in [-0.05, 0) is 42.5 Å². The Morgan fingerprint density at radius 1 is 1.19 bits per heavy atom. The lowest BCUT2D eigenvalue weighted by Crippen LogP contribution is -2.33. The van der Waals surface area contributed by atoms with E-state index in [1.54, 1.807) is 12.1 Å². The first-order chi connectivity index (χ1) is 12.8. The summed E-state index contributed by atoms with van der Waals surface area (Å²) in [5.41, 5.74) is 1.89. The van der Waals surface area contributed by atoms with Crippen LogP contribution >= 0.6 is 0 Å². The van der Waals surface area contributed by atoms with Gasteiger partial charge >= 0.3 is 0 Å². The summed E-state index contributed by atoms with van der Waals surface area (Å²) in [7, 11) is 0. The van der Waals surface area contributed by atoms with Crippen molar-refractivity contribution in [2.24, 2.45) is 5.92 Å². The molecule has 1 aliphatic carbocycles. The predicted octanol–water partition coefficient (Wildman–Crippen LogP) is 3.38. The molecule has 0 spiro atoms. The molecule has 0 aliphatic heterocycles. The van der Waals surface area contributed by atoms with E-state index in [-0.39, 0.29) is 18.6 Å². The van der Waals surface area contributed by atoms with E-state index >= 15 is 0 Å². The minimum Gasteiger partial charge on any atom is -0.484 e. The van der Waals surface area contributed by atoms with Crippen LogP contribution in [0.1, 0.15) is 24.4 Å². The third-order valence-electron chi connectivity index (χ3n) is 4.38. The summed E-state index contributed by atoms with van der Waals surface area (Å²) in [6.45, 7) is -0.0384. The highest BCUT2D eigenvalue weighted by Crippen LogP contribution is 2.40. The molecule has 1 fully saturated rings. The minimum absolute atomic E-state index is 0.0384. The zero-order chi connectivity index (χ0) is 17.8. The van der Waals surface area contributed by atoms with Crippen LogP contribution in [0.25, 0.3) is 11.5 Å². The molecule has 1 N–H and O–H groups in total. The highest BCUT2D eigenvalue weighted by atomic mass is 16.5. The number of benzene rings is 2. The maximum absolute atomic E-state index is 12.4. The van der Waals surface area contributed by atoms with E-state index in [0.29, 0.717) is 17.6 Å². The van der Waals surface area contributed by atoms with E-state index in [9.17, 15) is 4.79 Å². The number of nitrogens with one attached hydrogen (secondary N) is 1. The van der Waals surface area contributed by atoms with Crippen molar-refractivity contribution >= 4 is 5.91 Å². The fourth-order valence-electron chi connectivity index (χ4n) is 2.95. The smallest absolute Gasteiger partial charge is 0.258 e. The van der Waals surface area contributed by atoms with Gasteiger partial charge in [0.05, 0.1) is 6.04 Å². The van der Waals surface area contributed by atoms with Crippen molar-refractivity contribution in [2.45, 2.75) is 18.9 Å². The lowest BCUT2D eigenvalue weighted by atomic mass is 10.0. The Hall–Kier alpha value is -3.15. The second-order valence-electron chi connectivity index (χ2n) is 6.35. The predicted molar refractivity (Wildman–Crippen MR) is 95.3 cm³/mol. The van der Waals surface area contributed by atoms with Gasteiger partial charge in [0.1, 0.15) is 5.75 Å². The maximum Gasteiger partial charge on any atom is 0.258 e. The maximum atomic E-state index is 12.4. The van der Waals surface area contributed by atoms with Crippen LogP contribution in [0.3, 0.4) is 0 Å². The van der Waals surface area contributed by atoms with Gasteiger partial charge in [-0.15, -0.1) is 10.2 Å². The van der Waals surface area contributed by atoms with Gasteiger partial charge in [0.15, 0.2) is 6.61 Å². The Bertz CT molecular complexity index is 861. The fourth-order valence-corrected chi connectivity index (χ4v) is 2.95. The van der Waals surface area contributed by atoms with Gasteiger partial charge in [-0.3, -0.25) is 4.79 Å². The van der Waals surface area contributed by atoms with Gasteiger partial charge in [-0.1, -0.05) is 36.4 Å². The van der Waals surface area contributed by atoms with Crippen molar-refractivity contribution in [1.82, 2.24) is 15.5 Å². The molecule has 1 saturated carbocycles. The zero-order valence-corrected chi connectivity index (χ0v) is 14.2. The molecule has 0 saturated heterocycles. The summed E-state index contributed by atoms with van der Waals surface area (Å²) >= 11 is 0. The molecule has 0 unspecified atom stereocenters. The van der Waals surface area contributed by atoms with Crippen LogP contribution in [0, 0.1) is 5.92 Å². The monoisotopic (exact) mass is 349 g/mol. The van der Waals surface area contributed by atoms with Gasteiger partial charge in [0.25, 0.3) is 5.91 Å². The topological polar surface area (TPSA) is 77.2 Å². The van der Waals surface area contributed by atoms with Crippen molar-refractivity contribution in [3.63, 3.8) is 0 Å². The minimum atomic E-state index is -0.131. The summed E-state index contributed by atoms with van der Waals surface area (Å²) in [5, 5.41) is 10.6. The van der Waals surface area contributed by atoms with Gasteiger partial charge in [0, 0.05) is 5.56 Å². The summed E-state index contributed by atoms with van der Waals surface area (Å²) in [5.74, 6) is 1.38. The van der Waals surface area contributed by atoms with Crippen LogP contribution in [0.15, 0.2) is 65.4 Å². The first kappa shape index (κ1) is 16.3. The van der Waals surface area contributed by atoms with Gasteiger partial charge in [0.2, 0.25) is 12.3 Å². The Morgan fingerprint density at radius 3 is 2.77 bits per heavy atom. The molecule has 2 aromatic carbocycles. The Kier molecular flexibility index (Phi) is 4.64. The quantitative estimate of drug-likeness (QED) is 0.707. The Balaban J connectivity index is 1.37. The normalized spacial score (nSPS) is 14.6. The number of amides is 1. The number of hydrogen-bond donors (Lipinski definition) is 1. The van der Waals surface area contributed by atoms with Crippen LogP contribution in [0.4, 0.5) is 0 Å². The Morgan fingerprint density at radius 2 is 2.04 bits per heavy atom. The second kappa shape index (κ2) is 7.39. The molecule has 1 heterocycles. The van der Waals surface area contributed by atoms with Gasteiger partial charge in [-0.25, -0.2) is 0 Å². The Labute approximate surface area is 151 Å². The lowest BCUT2D eigenvalue weighted by molar-refractivity contribution is -0.124. The largest absolute Gasteiger partial charge is 0.484 e. The third-order valence-corrected chi connectivity index (χ3v) is 4.38. The summed E-state index contributed by atoms with van der Waals surface area (Å²) in [6.07, 6.45) is 3.57. The lowest BCUT2D eigenvalue weighted by Gasteiger charge is -2.19. The van der Waals surface area contributed by atoms with Crippen molar-refractivity contribution in [2.75, 3.05) is 6.61 Å². The van der Waals surface area contributed by atoms with Crippen LogP contribution in [0.5, 0.6) is 5.75 Å². The highest BCUT2D eigenvalue weighted by molar-refractivity contribution is 5.78. The van der Waals surface area contributed by atoms with Crippen LogP contribution < -0.4 is 10.1 Å². The molecule has 0 radical (unpaired) electrons. The molecular formula is C20H19N3O3. The number of hydrogen-bond acceptors (Lipinski definition) is 5. The standard InChI is InChI=1S/C20H19N3O3/c24-18(22-19(15-9-10-15)14-5-2-1-3-6-14)12-25-17-8-4-7-16(11-17)20-23-21-13-26-20/h1-8,11,13,15,19H,9-10,12H2,(H,22,24)/t19-/m0/s1. The van der Waals surface area contributed by atoms with Crippen molar-refractivity contribution < 1.29 is 13.9 Å². The number of rotatable bonds is 7. The molecule has 1 amide bonds. The van der Waals surface area contributed by atoms with E-state index < -0.39 is 0 Å². The first-order valence-corrected chi connectivity index (χ1v) is 8.63. The molecular weight excluding hydrogens is 330 g/mol. The number of carbonyl (C=O) groups is 1. The summed E-state index contributed by atoms with van der Waals surface area (Å²) in [4.78, 5) is 12.4. The van der Waals surface area contributed by atoms with E-state index in [0.717, 1.165) is 24.0 Å². The van der Waals surface area contributed by atoms with E-state index in [4.69, 9.17) is 9.15 Å². The summed E-state index contributed by atoms with van der Waals surface area (Å²) in [6, 6.07) is 17.4. The summed E-state index contributed by atoms with van der Waals surface area (Å²) < 4.78 is 10.8. The zero-order valence-electron chi connectivity index (χ0n) is 14.2. The number of nitrogens with zero attached hydrogens (tertiary/aromatic N) is 2. The second-order valence-corrected chi connectivity index (χ2v) is 6.35. The fraction of sp³-hybridized carbons (Fsp3) is 0.250. The van der Waals surface area contributed by atoms with E-state index in [1.807, 2.05) is 30.3 Å². The highest BCUT2D eigenvalue weighted by Gasteiger charge is 2.33. The number of carbonyl (C=O) groups excluding carboxylic acids is 1. The number of ether oxygens (including phenoxy) is 1. The molecule has 1 atom stereocenters. The molecule has 6 heteroatoms. The van der Waals surface area contributed by atoms with E-state index in [1.165, 1.54) is 6.39 Å². The molecule has 1 aromatic heterocycles. The average molecular weight is 349 g/mol. The molecule has 3 aromatic rings. The number of aromatic nitrogens is 2. The van der Waals surface area contributed by atoms with Crippen LogP contribution in [-0.2, 0) is 4.79 Å². The molecule has 4 rings (SSSR count). The van der Waals surface area contributed by atoms with Crippen molar-refractivity contribution in [3.05, 3.63) is 66.6 Å². The first-order valence-electron chi connectivity index (χ1n) is 8.63. The molecule has 6 nitrogen and oxygen atoms in total. The molecule has 26 heavy (non-hydrogen) atoms. The molecule has 0 bridgehead atoms. The van der Waals surface area contributed by atoms with Gasteiger partial charge in [-0.2, -0.15) is 0 Å². The van der Waals surface area contributed by atoms with E-state index in [2.05, 4.69) is 27.6 Å². The van der Waals surface area contributed by atoms with Gasteiger partial charge < -0.3 is 14.5 Å². The van der Waals surface area contributed by atoms with Crippen molar-refractivity contribution in [3.8, 4) is 17.2 Å². The molecule has 1 aliphatic rings. The van der Waals surface area contributed by atoms with Crippen LogP contribution in [-0.4, -0.2) is 22.7 Å². The SMILES string of the molecule is O=C(COc1cccc(-c2nnco2)c1)N[C@@H](c1ccccc1)C1CC1. The third kappa shape index (κ3) is 3.91. The van der Waals surface area contributed by atoms with Crippen molar-refractivity contribution in [1.29, 1.82) is 0 Å².